The summed E-state index contributed by atoms with van der Waals surface area (Å²) in [7, 11) is 0. The lowest BCUT2D eigenvalue weighted by Gasteiger charge is -2.19. The second kappa shape index (κ2) is 12.9. The van der Waals surface area contributed by atoms with E-state index in [1.54, 1.807) is 0 Å². The smallest absolute Gasteiger partial charge is 0.200 e. The zero-order valence-electron chi connectivity index (χ0n) is 31.5. The van der Waals surface area contributed by atoms with Crippen molar-refractivity contribution in [1.29, 1.82) is 0 Å². The maximum Gasteiger partial charge on any atom is 0.200 e. The number of aromatic nitrogens is 5. The summed E-state index contributed by atoms with van der Waals surface area (Å²) in [5, 5.41) is 4.71. The van der Waals surface area contributed by atoms with E-state index >= 15 is 0 Å². The van der Waals surface area contributed by atoms with E-state index in [-0.39, 0.29) is 0 Å². The van der Waals surface area contributed by atoms with Crippen molar-refractivity contribution in [3.63, 3.8) is 0 Å². The molecule has 3 aromatic heterocycles. The third-order valence-corrected chi connectivity index (χ3v) is 10.8. The standard InChI is InChI=1S/C50H36N6/c1-30-16-20-42-36(24-30)37-25-31(2)17-21-43(37)55(42)46-28-40(50-53-48(34-12-8-6-9-13-34)52-49(54-50)35-14-10-7-11-15-35)41(51-5)29-47(46)56-44-22-18-32(3)26-38(44)39-27-33(4)19-23-45(39)56/h6-29H,1-4H3. The Morgan fingerprint density at radius 3 is 1.14 bits per heavy atom. The molecule has 0 amide bonds. The predicted molar refractivity (Wildman–Crippen MR) is 230 cm³/mol. The van der Waals surface area contributed by atoms with Gasteiger partial charge in [-0.2, -0.15) is 0 Å². The first-order valence-electron chi connectivity index (χ1n) is 18.8. The lowest BCUT2D eigenvalue weighted by molar-refractivity contribution is 1.07. The molecular weight excluding hydrogens is 685 g/mol. The van der Waals surface area contributed by atoms with Gasteiger partial charge in [0.05, 0.1) is 40.0 Å². The third kappa shape index (κ3) is 5.36. The summed E-state index contributed by atoms with van der Waals surface area (Å²) in [5.41, 5.74) is 13.8. The van der Waals surface area contributed by atoms with Crippen molar-refractivity contribution in [1.82, 2.24) is 24.1 Å². The highest BCUT2D eigenvalue weighted by molar-refractivity contribution is 6.12. The molecule has 0 aliphatic heterocycles. The average Bonchev–Trinajstić information content (AvgIpc) is 3.71. The van der Waals surface area contributed by atoms with Crippen LogP contribution >= 0.6 is 0 Å². The molecule has 0 saturated heterocycles. The van der Waals surface area contributed by atoms with Gasteiger partial charge in [-0.3, -0.25) is 0 Å². The van der Waals surface area contributed by atoms with Crippen LogP contribution in [0.15, 0.2) is 146 Å². The maximum absolute atomic E-state index is 8.67. The maximum atomic E-state index is 8.67. The number of benzene rings is 7. The summed E-state index contributed by atoms with van der Waals surface area (Å²) >= 11 is 0. The molecule has 0 aliphatic rings. The summed E-state index contributed by atoms with van der Waals surface area (Å²) in [6.45, 7) is 17.2. The molecule has 0 radical (unpaired) electrons. The van der Waals surface area contributed by atoms with E-state index in [1.165, 1.54) is 43.8 Å². The molecule has 0 fully saturated rings. The van der Waals surface area contributed by atoms with E-state index in [1.807, 2.05) is 66.7 Å². The van der Waals surface area contributed by atoms with E-state index in [2.05, 4.69) is 121 Å². The van der Waals surface area contributed by atoms with Crippen LogP contribution in [0.3, 0.4) is 0 Å². The van der Waals surface area contributed by atoms with Crippen molar-refractivity contribution in [3.05, 3.63) is 179 Å². The molecule has 3 heterocycles. The van der Waals surface area contributed by atoms with Crippen molar-refractivity contribution < 1.29 is 0 Å². The topological polar surface area (TPSA) is 52.9 Å². The minimum absolute atomic E-state index is 0.442. The van der Waals surface area contributed by atoms with Crippen LogP contribution in [-0.4, -0.2) is 24.1 Å². The second-order valence-corrected chi connectivity index (χ2v) is 14.8. The quantitative estimate of drug-likeness (QED) is 0.166. The molecule has 0 saturated carbocycles. The van der Waals surface area contributed by atoms with Gasteiger partial charge in [0.1, 0.15) is 0 Å². The van der Waals surface area contributed by atoms with Gasteiger partial charge in [0.15, 0.2) is 23.2 Å². The van der Waals surface area contributed by atoms with E-state index in [9.17, 15) is 0 Å². The Kier molecular flexibility index (Phi) is 7.65. The van der Waals surface area contributed by atoms with Crippen LogP contribution in [-0.2, 0) is 0 Å². The summed E-state index contributed by atoms with van der Waals surface area (Å²) < 4.78 is 4.68. The van der Waals surface area contributed by atoms with E-state index in [0.29, 0.717) is 28.7 Å². The molecule has 0 atom stereocenters. The molecule has 0 bridgehead atoms. The van der Waals surface area contributed by atoms with Crippen LogP contribution in [0.5, 0.6) is 0 Å². The van der Waals surface area contributed by atoms with E-state index < -0.39 is 0 Å². The molecule has 0 unspecified atom stereocenters. The normalized spacial score (nSPS) is 11.6. The minimum atomic E-state index is 0.442. The van der Waals surface area contributed by atoms with Gasteiger partial charge in [-0.25, -0.2) is 19.8 Å². The first kappa shape index (κ1) is 33.2. The Morgan fingerprint density at radius 1 is 0.411 bits per heavy atom. The van der Waals surface area contributed by atoms with Gasteiger partial charge in [0.2, 0.25) is 0 Å². The van der Waals surface area contributed by atoms with E-state index in [0.717, 1.165) is 44.6 Å². The molecule has 0 spiro atoms. The Hall–Kier alpha value is -7.36. The van der Waals surface area contributed by atoms with Gasteiger partial charge in [0, 0.05) is 38.2 Å². The third-order valence-electron chi connectivity index (χ3n) is 10.8. The van der Waals surface area contributed by atoms with Gasteiger partial charge < -0.3 is 9.13 Å². The lowest BCUT2D eigenvalue weighted by atomic mass is 10.1. The lowest BCUT2D eigenvalue weighted by Crippen LogP contribution is -2.06. The Labute approximate surface area is 324 Å². The molecule has 6 nitrogen and oxygen atoms in total. The van der Waals surface area contributed by atoms with Gasteiger partial charge in [-0.15, -0.1) is 0 Å². The molecule has 56 heavy (non-hydrogen) atoms. The number of rotatable bonds is 5. The summed E-state index contributed by atoms with van der Waals surface area (Å²) in [5.74, 6) is 1.54. The van der Waals surface area contributed by atoms with Gasteiger partial charge >= 0.3 is 0 Å². The highest BCUT2D eigenvalue weighted by Crippen LogP contribution is 2.43. The molecule has 10 rings (SSSR count). The fraction of sp³-hybridized carbons (Fsp3) is 0.0800. The number of nitrogens with zero attached hydrogens (tertiary/aromatic N) is 6. The first-order valence-corrected chi connectivity index (χ1v) is 18.8. The van der Waals surface area contributed by atoms with E-state index in [4.69, 9.17) is 21.5 Å². The average molecular weight is 721 g/mol. The second-order valence-electron chi connectivity index (χ2n) is 14.8. The number of hydrogen-bond acceptors (Lipinski definition) is 3. The van der Waals surface area contributed by atoms with Gasteiger partial charge in [-0.1, -0.05) is 107 Å². The number of fused-ring (bicyclic) bond motifs is 6. The molecule has 6 heteroatoms. The zero-order valence-corrected chi connectivity index (χ0v) is 31.5. The zero-order chi connectivity index (χ0) is 38.1. The minimum Gasteiger partial charge on any atom is -0.308 e. The van der Waals surface area contributed by atoms with Crippen LogP contribution in [0.1, 0.15) is 22.3 Å². The molecule has 10 aromatic rings. The van der Waals surface area contributed by atoms with Crippen molar-refractivity contribution in [3.8, 4) is 45.5 Å². The summed E-state index contributed by atoms with van der Waals surface area (Å²) in [6, 6.07) is 50.7. The van der Waals surface area contributed by atoms with Crippen molar-refractivity contribution in [2.24, 2.45) is 0 Å². The molecule has 266 valence electrons. The molecular formula is C50H36N6. The number of hydrogen-bond donors (Lipinski definition) is 0. The predicted octanol–water partition coefficient (Wildman–Crippen LogP) is 12.9. The fourth-order valence-electron chi connectivity index (χ4n) is 8.15. The van der Waals surface area contributed by atoms with Crippen molar-refractivity contribution in [2.45, 2.75) is 27.7 Å². The summed E-state index contributed by atoms with van der Waals surface area (Å²) in [6.07, 6.45) is 0. The Bertz CT molecular complexity index is 3060. The van der Waals surface area contributed by atoms with Crippen LogP contribution in [0.2, 0.25) is 0 Å². The Balaban J connectivity index is 1.36. The van der Waals surface area contributed by atoms with Crippen LogP contribution in [0.25, 0.3) is 94.0 Å². The first-order chi connectivity index (χ1) is 27.3. The summed E-state index contributed by atoms with van der Waals surface area (Å²) in [4.78, 5) is 19.4. The van der Waals surface area contributed by atoms with Crippen LogP contribution < -0.4 is 0 Å². The molecule has 0 aliphatic carbocycles. The monoisotopic (exact) mass is 720 g/mol. The fourth-order valence-corrected chi connectivity index (χ4v) is 8.15. The van der Waals surface area contributed by atoms with Crippen LogP contribution in [0, 0.1) is 34.3 Å². The highest BCUT2D eigenvalue weighted by Gasteiger charge is 2.24. The molecule has 0 N–H and O–H groups in total. The molecule has 7 aromatic carbocycles. The van der Waals surface area contributed by atoms with Gasteiger partial charge in [0.25, 0.3) is 0 Å². The van der Waals surface area contributed by atoms with Crippen molar-refractivity contribution in [2.75, 3.05) is 0 Å². The van der Waals surface area contributed by atoms with Crippen molar-refractivity contribution >= 4 is 49.3 Å². The largest absolute Gasteiger partial charge is 0.308 e. The highest BCUT2D eigenvalue weighted by atomic mass is 15.1. The SMILES string of the molecule is [C-]#[N+]c1cc(-n2c3ccc(C)cc3c3cc(C)ccc32)c(-n2c3ccc(C)cc3c3cc(C)ccc32)cc1-c1nc(-c2ccccc2)nc(-c2ccccc2)n1. The Morgan fingerprint density at radius 2 is 0.768 bits per heavy atom. The van der Waals surface area contributed by atoms with Crippen LogP contribution in [0.4, 0.5) is 5.69 Å². The van der Waals surface area contributed by atoms with Gasteiger partial charge in [-0.05, 0) is 88.4 Å². The number of aryl methyl sites for hydroxylation is 4.